The standard InChI is InChI=1S/C14H10ClF4NO/c15-10-6-3-5-9(12(10)16)13(20)8-4-1-2-7-11(8)21-14(17,18)19/h1-7,13H,20H2. The van der Waals surface area contributed by atoms with Crippen molar-refractivity contribution in [3.05, 3.63) is 64.4 Å². The molecule has 0 aromatic heterocycles. The lowest BCUT2D eigenvalue weighted by atomic mass is 9.98. The molecule has 21 heavy (non-hydrogen) atoms. The summed E-state index contributed by atoms with van der Waals surface area (Å²) in [6.45, 7) is 0. The van der Waals surface area contributed by atoms with Crippen LogP contribution in [0, 0.1) is 5.82 Å². The average Bonchev–Trinajstić information content (AvgIpc) is 2.40. The maximum absolute atomic E-state index is 13.9. The molecular formula is C14H10ClF4NO. The Balaban J connectivity index is 2.44. The molecule has 1 atom stereocenters. The number of alkyl halides is 3. The molecule has 7 heteroatoms. The highest BCUT2D eigenvalue weighted by Crippen LogP contribution is 2.34. The third-order valence-corrected chi connectivity index (χ3v) is 3.09. The number of hydrogen-bond donors (Lipinski definition) is 1. The van der Waals surface area contributed by atoms with Crippen molar-refractivity contribution in [3.8, 4) is 5.75 Å². The van der Waals surface area contributed by atoms with Crippen LogP contribution >= 0.6 is 11.6 Å². The Morgan fingerprint density at radius 2 is 1.62 bits per heavy atom. The number of para-hydroxylation sites is 1. The smallest absolute Gasteiger partial charge is 0.405 e. The molecule has 0 heterocycles. The summed E-state index contributed by atoms with van der Waals surface area (Å²) >= 11 is 5.65. The Morgan fingerprint density at radius 1 is 1.00 bits per heavy atom. The molecule has 0 aliphatic carbocycles. The summed E-state index contributed by atoms with van der Waals surface area (Å²) < 4.78 is 55.0. The molecule has 0 amide bonds. The largest absolute Gasteiger partial charge is 0.573 e. The van der Waals surface area contributed by atoms with Gasteiger partial charge in [0.05, 0.1) is 11.1 Å². The predicted molar refractivity (Wildman–Crippen MR) is 70.6 cm³/mol. The highest BCUT2D eigenvalue weighted by atomic mass is 35.5. The van der Waals surface area contributed by atoms with Crippen LogP contribution in [-0.2, 0) is 0 Å². The number of benzene rings is 2. The second-order valence-electron chi connectivity index (χ2n) is 4.21. The van der Waals surface area contributed by atoms with Crippen LogP contribution < -0.4 is 10.5 Å². The highest BCUT2D eigenvalue weighted by Gasteiger charge is 2.33. The van der Waals surface area contributed by atoms with Gasteiger partial charge in [-0.3, -0.25) is 0 Å². The van der Waals surface area contributed by atoms with Gasteiger partial charge >= 0.3 is 6.36 Å². The second-order valence-corrected chi connectivity index (χ2v) is 4.61. The maximum atomic E-state index is 13.9. The molecule has 1 unspecified atom stereocenters. The van der Waals surface area contributed by atoms with Crippen LogP contribution in [0.5, 0.6) is 5.75 Å². The summed E-state index contributed by atoms with van der Waals surface area (Å²) in [7, 11) is 0. The number of ether oxygens (including phenoxy) is 1. The van der Waals surface area contributed by atoms with E-state index in [2.05, 4.69) is 4.74 Å². The minimum absolute atomic E-state index is 0.0102. The lowest BCUT2D eigenvalue weighted by molar-refractivity contribution is -0.274. The fraction of sp³-hybridized carbons (Fsp3) is 0.143. The van der Waals surface area contributed by atoms with Gasteiger partial charge in [0.15, 0.2) is 0 Å². The maximum Gasteiger partial charge on any atom is 0.573 e. The minimum atomic E-state index is -4.86. The highest BCUT2D eigenvalue weighted by molar-refractivity contribution is 6.30. The summed E-state index contributed by atoms with van der Waals surface area (Å²) in [6.07, 6.45) is -4.86. The summed E-state index contributed by atoms with van der Waals surface area (Å²) in [5, 5.41) is -0.155. The molecule has 0 fully saturated rings. The van der Waals surface area contributed by atoms with Gasteiger partial charge in [-0.1, -0.05) is 41.9 Å². The van der Waals surface area contributed by atoms with Crippen LogP contribution in [-0.4, -0.2) is 6.36 Å². The van der Waals surface area contributed by atoms with Crippen LogP contribution in [0.1, 0.15) is 17.2 Å². The van der Waals surface area contributed by atoms with Crippen molar-refractivity contribution in [3.63, 3.8) is 0 Å². The van der Waals surface area contributed by atoms with Crippen molar-refractivity contribution in [2.75, 3.05) is 0 Å². The fourth-order valence-electron chi connectivity index (χ4n) is 1.88. The molecule has 0 saturated carbocycles. The van der Waals surface area contributed by atoms with Gasteiger partial charge in [-0.15, -0.1) is 13.2 Å². The Labute approximate surface area is 123 Å². The molecule has 2 N–H and O–H groups in total. The van der Waals surface area contributed by atoms with E-state index in [0.717, 1.165) is 6.07 Å². The van der Waals surface area contributed by atoms with Crippen LogP contribution in [0.2, 0.25) is 5.02 Å². The van der Waals surface area contributed by atoms with Crippen molar-refractivity contribution in [1.82, 2.24) is 0 Å². The van der Waals surface area contributed by atoms with E-state index in [9.17, 15) is 17.6 Å². The third kappa shape index (κ3) is 3.65. The van der Waals surface area contributed by atoms with Crippen LogP contribution in [0.15, 0.2) is 42.5 Å². The Bertz CT molecular complexity index is 645. The van der Waals surface area contributed by atoms with Gasteiger partial charge in [0.2, 0.25) is 0 Å². The summed E-state index contributed by atoms with van der Waals surface area (Å²) in [6, 6.07) is 8.32. The number of rotatable bonds is 3. The van der Waals surface area contributed by atoms with Crippen molar-refractivity contribution in [1.29, 1.82) is 0 Å². The summed E-state index contributed by atoms with van der Waals surface area (Å²) in [4.78, 5) is 0. The first-order valence-corrected chi connectivity index (χ1v) is 6.21. The number of nitrogens with two attached hydrogens (primary N) is 1. The first kappa shape index (κ1) is 15.6. The van der Waals surface area contributed by atoms with E-state index in [0.29, 0.717) is 0 Å². The molecule has 0 aliphatic heterocycles. The lowest BCUT2D eigenvalue weighted by Gasteiger charge is -2.18. The normalized spacial score (nSPS) is 13.0. The zero-order valence-electron chi connectivity index (χ0n) is 10.5. The molecule has 112 valence electrons. The lowest BCUT2D eigenvalue weighted by Crippen LogP contribution is -2.21. The van der Waals surface area contributed by atoms with E-state index in [-0.39, 0.29) is 16.1 Å². The van der Waals surface area contributed by atoms with Gasteiger partial charge in [-0.25, -0.2) is 4.39 Å². The fourth-order valence-corrected chi connectivity index (χ4v) is 2.07. The first-order chi connectivity index (χ1) is 9.79. The topological polar surface area (TPSA) is 35.2 Å². The molecule has 2 aromatic carbocycles. The van der Waals surface area contributed by atoms with E-state index in [1.54, 1.807) is 0 Å². The van der Waals surface area contributed by atoms with E-state index >= 15 is 0 Å². The number of halogens is 5. The molecule has 2 rings (SSSR count). The SMILES string of the molecule is NC(c1ccccc1OC(F)(F)F)c1cccc(Cl)c1F. The quantitative estimate of drug-likeness (QED) is 0.850. The van der Waals surface area contributed by atoms with Crippen LogP contribution in [0.3, 0.4) is 0 Å². The molecule has 0 radical (unpaired) electrons. The molecule has 0 bridgehead atoms. The van der Waals surface area contributed by atoms with Gasteiger partial charge in [-0.2, -0.15) is 0 Å². The van der Waals surface area contributed by atoms with Crippen molar-refractivity contribution in [2.45, 2.75) is 12.4 Å². The van der Waals surface area contributed by atoms with E-state index in [4.69, 9.17) is 17.3 Å². The third-order valence-electron chi connectivity index (χ3n) is 2.80. The average molecular weight is 320 g/mol. The number of hydrogen-bond acceptors (Lipinski definition) is 2. The molecular weight excluding hydrogens is 310 g/mol. The molecule has 0 aliphatic rings. The molecule has 2 nitrogen and oxygen atoms in total. The Kier molecular flexibility index (Phi) is 4.39. The predicted octanol–water partition coefficient (Wildman–Crippen LogP) is 4.43. The van der Waals surface area contributed by atoms with E-state index in [1.807, 2.05) is 0 Å². The summed E-state index contributed by atoms with van der Waals surface area (Å²) in [5.41, 5.74) is 5.86. The van der Waals surface area contributed by atoms with Crippen molar-refractivity contribution in [2.24, 2.45) is 5.73 Å². The van der Waals surface area contributed by atoms with Crippen molar-refractivity contribution >= 4 is 11.6 Å². The van der Waals surface area contributed by atoms with Gasteiger partial charge < -0.3 is 10.5 Å². The van der Waals surface area contributed by atoms with Crippen LogP contribution in [0.25, 0.3) is 0 Å². The van der Waals surface area contributed by atoms with Crippen LogP contribution in [0.4, 0.5) is 17.6 Å². The first-order valence-electron chi connectivity index (χ1n) is 5.84. The Morgan fingerprint density at radius 3 is 2.29 bits per heavy atom. The zero-order valence-corrected chi connectivity index (χ0v) is 11.3. The zero-order chi connectivity index (χ0) is 15.6. The van der Waals surface area contributed by atoms with Gasteiger partial charge in [0, 0.05) is 11.1 Å². The van der Waals surface area contributed by atoms with Gasteiger partial charge in [0.25, 0.3) is 0 Å². The monoisotopic (exact) mass is 319 g/mol. The second kappa shape index (κ2) is 5.91. The van der Waals surface area contributed by atoms with Crippen molar-refractivity contribution < 1.29 is 22.3 Å². The van der Waals surface area contributed by atoms with Gasteiger partial charge in [-0.05, 0) is 12.1 Å². The van der Waals surface area contributed by atoms with E-state index in [1.165, 1.54) is 36.4 Å². The Hall–Kier alpha value is -1.79. The minimum Gasteiger partial charge on any atom is -0.405 e. The molecule has 0 spiro atoms. The molecule has 0 saturated heterocycles. The summed E-state index contributed by atoms with van der Waals surface area (Å²) in [5.74, 6) is -1.25. The van der Waals surface area contributed by atoms with E-state index < -0.39 is 24.0 Å². The van der Waals surface area contributed by atoms with Gasteiger partial charge in [0.1, 0.15) is 11.6 Å². The molecule has 2 aromatic rings.